The lowest BCUT2D eigenvalue weighted by molar-refractivity contribution is 0.0447. The molecule has 7 rings (SSSR count). The number of nitrogens with zero attached hydrogens (tertiary/aromatic N) is 2. The minimum atomic E-state index is -0.756. The first-order valence-corrected chi connectivity index (χ1v) is 21.3. The van der Waals surface area contributed by atoms with E-state index in [1.165, 1.54) is 36.4 Å². The third-order valence-electron chi connectivity index (χ3n) is 10.6. The number of carbonyl (C=O) groups is 6. The first-order valence-electron chi connectivity index (χ1n) is 21.3. The van der Waals surface area contributed by atoms with Gasteiger partial charge in [0.25, 0.3) is 0 Å². The third kappa shape index (κ3) is 12.4. The van der Waals surface area contributed by atoms with Gasteiger partial charge >= 0.3 is 23.9 Å². The number of fused-ring (bicyclic) bond motifs is 2. The molecule has 12 heteroatoms. The molecule has 0 radical (unpaired) electrons. The molecule has 1 aliphatic rings. The molecule has 6 aromatic carbocycles. The highest BCUT2D eigenvalue weighted by molar-refractivity contribution is 6.08. The molecule has 0 atom stereocenters. The molecule has 0 fully saturated rings. The summed E-state index contributed by atoms with van der Waals surface area (Å²) in [5.74, 6) is -3.48. The summed E-state index contributed by atoms with van der Waals surface area (Å²) in [4.78, 5) is 84.3. The summed E-state index contributed by atoms with van der Waals surface area (Å²) in [7, 11) is 0. The molecule has 0 aromatic heterocycles. The van der Waals surface area contributed by atoms with Crippen LogP contribution in [0.3, 0.4) is 0 Å². The van der Waals surface area contributed by atoms with Crippen molar-refractivity contribution in [2.24, 2.45) is 0 Å². The standard InChI is InChI=1S/C54H46N2O10/c57-49(27-25-39-13-3-1-4-14-39)41-17-11-19-43(37-41)55-29-33-63-51(59)45-21-7-9-23-47(45)53(61)65-35-31-56(32-36-66-54(62)48-24-10-8-22-46(48)52(60)64-34-30-55)44-20-12-18-42(38-44)50(58)28-26-40-15-5-2-6-16-40/h1-28,37-38H,29-36H2/b27-25+,28-26+. The Morgan fingerprint density at radius 2 is 0.682 bits per heavy atom. The zero-order chi connectivity index (χ0) is 46.1. The number of cyclic esters (lactones) is 4. The van der Waals surface area contributed by atoms with Gasteiger partial charge in [-0.2, -0.15) is 0 Å². The average molecular weight is 883 g/mol. The fraction of sp³-hybridized carbons (Fsp3) is 0.148. The number of rotatable bonds is 8. The quantitative estimate of drug-likeness (QED) is 0.0623. The van der Waals surface area contributed by atoms with Crippen molar-refractivity contribution in [2.45, 2.75) is 0 Å². The number of allylic oxidation sites excluding steroid dienone is 2. The number of ether oxygens (including phenoxy) is 4. The van der Waals surface area contributed by atoms with E-state index >= 15 is 0 Å². The number of ketones is 2. The van der Waals surface area contributed by atoms with Gasteiger partial charge in [-0.3, -0.25) is 9.59 Å². The summed E-state index contributed by atoms with van der Waals surface area (Å²) in [5.41, 5.74) is 3.74. The van der Waals surface area contributed by atoms with Gasteiger partial charge in [-0.05, 0) is 71.8 Å². The van der Waals surface area contributed by atoms with E-state index in [-0.39, 0.29) is 86.4 Å². The Bertz CT molecular complexity index is 2480. The van der Waals surface area contributed by atoms with E-state index in [1.807, 2.05) is 60.7 Å². The van der Waals surface area contributed by atoms with E-state index in [4.69, 9.17) is 18.9 Å². The van der Waals surface area contributed by atoms with Crippen LogP contribution >= 0.6 is 0 Å². The van der Waals surface area contributed by atoms with Crippen LogP contribution in [-0.2, 0) is 18.9 Å². The van der Waals surface area contributed by atoms with Gasteiger partial charge in [-0.15, -0.1) is 0 Å². The van der Waals surface area contributed by atoms with Crippen molar-refractivity contribution in [1.82, 2.24) is 0 Å². The lowest BCUT2D eigenvalue weighted by Crippen LogP contribution is -2.33. The Balaban J connectivity index is 1.12. The van der Waals surface area contributed by atoms with E-state index in [9.17, 15) is 28.8 Å². The normalized spacial score (nSPS) is 14.7. The minimum absolute atomic E-state index is 0.000115. The Morgan fingerprint density at radius 1 is 0.379 bits per heavy atom. The van der Waals surface area contributed by atoms with Crippen molar-refractivity contribution in [3.63, 3.8) is 0 Å². The predicted octanol–water partition coefficient (Wildman–Crippen LogP) is 8.83. The number of carbonyl (C=O) groups excluding carboxylic acids is 6. The minimum Gasteiger partial charge on any atom is -0.460 e. The molecular formula is C54H46N2O10. The Kier molecular flexibility index (Phi) is 15.8. The molecule has 332 valence electrons. The Morgan fingerprint density at radius 3 is 1.00 bits per heavy atom. The fourth-order valence-corrected chi connectivity index (χ4v) is 7.10. The van der Waals surface area contributed by atoms with Crippen molar-refractivity contribution >= 4 is 59.0 Å². The summed E-state index contributed by atoms with van der Waals surface area (Å²) in [6.07, 6.45) is 6.43. The Hall–Kier alpha value is -8.38. The average Bonchev–Trinajstić information content (AvgIpc) is 3.36. The second-order valence-electron chi connectivity index (χ2n) is 14.9. The number of benzene rings is 6. The summed E-state index contributed by atoms with van der Waals surface area (Å²) < 4.78 is 22.8. The van der Waals surface area contributed by atoms with Crippen molar-refractivity contribution in [3.8, 4) is 0 Å². The maximum absolute atomic E-state index is 13.6. The highest BCUT2D eigenvalue weighted by Crippen LogP contribution is 2.21. The molecule has 0 amide bonds. The summed E-state index contributed by atoms with van der Waals surface area (Å²) in [5, 5.41) is 0. The first-order chi connectivity index (χ1) is 32.2. The van der Waals surface area contributed by atoms with Gasteiger partial charge in [0.05, 0.1) is 48.4 Å². The number of hydrogen-bond donors (Lipinski definition) is 0. The van der Waals surface area contributed by atoms with Crippen molar-refractivity contribution < 1.29 is 47.7 Å². The molecule has 66 heavy (non-hydrogen) atoms. The van der Waals surface area contributed by atoms with E-state index in [0.717, 1.165) is 11.1 Å². The maximum atomic E-state index is 13.6. The second kappa shape index (κ2) is 22.8. The molecule has 6 aromatic rings. The maximum Gasteiger partial charge on any atom is 0.339 e. The van der Waals surface area contributed by atoms with Gasteiger partial charge in [-0.25, -0.2) is 19.2 Å². The van der Waals surface area contributed by atoms with Gasteiger partial charge in [0, 0.05) is 22.5 Å². The van der Waals surface area contributed by atoms with Crippen LogP contribution in [-0.4, -0.2) is 88.1 Å². The van der Waals surface area contributed by atoms with Crippen LogP contribution in [0.15, 0.2) is 170 Å². The van der Waals surface area contributed by atoms with E-state index in [2.05, 4.69) is 0 Å². The summed E-state index contributed by atoms with van der Waals surface area (Å²) in [6, 6.07) is 45.0. The summed E-state index contributed by atoms with van der Waals surface area (Å²) >= 11 is 0. The third-order valence-corrected chi connectivity index (χ3v) is 10.6. The molecule has 12 nitrogen and oxygen atoms in total. The predicted molar refractivity (Wildman–Crippen MR) is 251 cm³/mol. The van der Waals surface area contributed by atoms with Gasteiger partial charge in [0.1, 0.15) is 26.4 Å². The molecule has 1 heterocycles. The van der Waals surface area contributed by atoms with Gasteiger partial charge in [0.2, 0.25) is 0 Å². The van der Waals surface area contributed by atoms with Crippen molar-refractivity contribution in [2.75, 3.05) is 62.4 Å². The second-order valence-corrected chi connectivity index (χ2v) is 14.9. The fourth-order valence-electron chi connectivity index (χ4n) is 7.10. The SMILES string of the molecule is O=C(/C=C/c1ccccc1)c1cccc(N2CCOC(=O)c3ccccc3C(=O)OCCN(c3cccc(C(=O)/C=C/c4ccccc4)c3)CCOC(=O)c3ccccc3C(=O)OCC2)c1. The van der Waals surface area contributed by atoms with E-state index < -0.39 is 23.9 Å². The highest BCUT2D eigenvalue weighted by Gasteiger charge is 2.23. The lowest BCUT2D eigenvalue weighted by Gasteiger charge is -2.25. The van der Waals surface area contributed by atoms with Crippen LogP contribution in [0.2, 0.25) is 0 Å². The van der Waals surface area contributed by atoms with E-state index in [1.54, 1.807) is 94.7 Å². The Labute approximate surface area is 382 Å². The first kappa shape index (κ1) is 45.6. The smallest absolute Gasteiger partial charge is 0.339 e. The van der Waals surface area contributed by atoms with Crippen LogP contribution in [0.5, 0.6) is 0 Å². The monoisotopic (exact) mass is 882 g/mol. The number of anilines is 2. The molecule has 0 saturated carbocycles. The molecule has 0 unspecified atom stereocenters. The molecule has 0 N–H and O–H groups in total. The highest BCUT2D eigenvalue weighted by atomic mass is 16.5. The molecular weight excluding hydrogens is 837 g/mol. The topological polar surface area (TPSA) is 146 Å². The van der Waals surface area contributed by atoms with Gasteiger partial charge < -0.3 is 28.7 Å². The molecule has 0 aliphatic carbocycles. The number of esters is 4. The van der Waals surface area contributed by atoms with Crippen molar-refractivity contribution in [3.05, 3.63) is 214 Å². The number of hydrogen-bond acceptors (Lipinski definition) is 12. The van der Waals surface area contributed by atoms with Crippen LogP contribution in [0.1, 0.15) is 73.3 Å². The van der Waals surface area contributed by atoms with Crippen LogP contribution in [0, 0.1) is 0 Å². The van der Waals surface area contributed by atoms with E-state index in [0.29, 0.717) is 22.5 Å². The van der Waals surface area contributed by atoms with Gasteiger partial charge in [0.15, 0.2) is 11.6 Å². The zero-order valence-electron chi connectivity index (χ0n) is 36.0. The zero-order valence-corrected chi connectivity index (χ0v) is 36.0. The van der Waals surface area contributed by atoms with Crippen LogP contribution in [0.25, 0.3) is 12.2 Å². The lowest BCUT2D eigenvalue weighted by atomic mass is 10.1. The molecule has 0 spiro atoms. The molecule has 1 aliphatic heterocycles. The van der Waals surface area contributed by atoms with Crippen LogP contribution < -0.4 is 9.80 Å². The van der Waals surface area contributed by atoms with Crippen LogP contribution in [0.4, 0.5) is 11.4 Å². The molecule has 0 bridgehead atoms. The van der Waals surface area contributed by atoms with Crippen molar-refractivity contribution in [1.29, 1.82) is 0 Å². The van der Waals surface area contributed by atoms with Gasteiger partial charge in [-0.1, -0.05) is 121 Å². The molecule has 0 saturated heterocycles. The largest absolute Gasteiger partial charge is 0.460 e. The summed E-state index contributed by atoms with van der Waals surface area (Å²) in [6.45, 7) is -0.120.